The lowest BCUT2D eigenvalue weighted by molar-refractivity contribution is 0.0326. The van der Waals surface area contributed by atoms with Crippen molar-refractivity contribution in [2.45, 2.75) is 25.3 Å². The van der Waals surface area contributed by atoms with E-state index in [1.54, 1.807) is 12.4 Å². The number of hydrogen-bond donors (Lipinski definition) is 0. The van der Waals surface area contributed by atoms with Crippen LogP contribution in [0.3, 0.4) is 0 Å². The summed E-state index contributed by atoms with van der Waals surface area (Å²) in [6, 6.07) is 0. The van der Waals surface area contributed by atoms with E-state index in [-0.39, 0.29) is 0 Å². The fourth-order valence-corrected chi connectivity index (χ4v) is 3.68. The Bertz CT molecular complexity index is 684. The monoisotopic (exact) mass is 343 g/mol. The molecule has 0 unspecified atom stereocenters. The van der Waals surface area contributed by atoms with E-state index in [2.05, 4.69) is 41.6 Å². The second-order valence-electron chi connectivity index (χ2n) is 6.77. The van der Waals surface area contributed by atoms with E-state index in [4.69, 9.17) is 4.74 Å². The van der Waals surface area contributed by atoms with Crippen molar-refractivity contribution < 1.29 is 4.74 Å². The highest BCUT2D eigenvalue weighted by atomic mass is 16.5. The van der Waals surface area contributed by atoms with Crippen LogP contribution in [0, 0.1) is 0 Å². The second-order valence-corrected chi connectivity index (χ2v) is 6.77. The van der Waals surface area contributed by atoms with Gasteiger partial charge in [-0.1, -0.05) is 0 Å². The molecule has 4 rings (SSSR count). The summed E-state index contributed by atoms with van der Waals surface area (Å²) >= 11 is 0. The fraction of sp³-hybridized carbons (Fsp3) is 0.647. The zero-order valence-electron chi connectivity index (χ0n) is 14.7. The minimum absolute atomic E-state index is 0.381. The highest BCUT2D eigenvalue weighted by Gasteiger charge is 2.27. The van der Waals surface area contributed by atoms with Crippen LogP contribution in [0.15, 0.2) is 18.6 Å². The van der Waals surface area contributed by atoms with Gasteiger partial charge in [0.05, 0.1) is 26.0 Å². The smallest absolute Gasteiger partial charge is 0.147 e. The fourth-order valence-electron chi connectivity index (χ4n) is 3.68. The van der Waals surface area contributed by atoms with Crippen molar-refractivity contribution in [3.8, 4) is 0 Å². The highest BCUT2D eigenvalue weighted by molar-refractivity contribution is 5.36. The van der Waals surface area contributed by atoms with Crippen molar-refractivity contribution in [3.05, 3.63) is 30.2 Å². The Labute approximate surface area is 147 Å². The highest BCUT2D eigenvalue weighted by Crippen LogP contribution is 2.28. The third kappa shape index (κ3) is 3.64. The number of aromatic nitrogens is 5. The molecule has 2 aliphatic rings. The van der Waals surface area contributed by atoms with Crippen LogP contribution < -0.4 is 4.90 Å². The Balaban J connectivity index is 1.46. The minimum atomic E-state index is 0.381. The van der Waals surface area contributed by atoms with Crippen LogP contribution in [0.5, 0.6) is 0 Å². The summed E-state index contributed by atoms with van der Waals surface area (Å²) in [7, 11) is 2.09. The predicted octanol–water partition coefficient (Wildman–Crippen LogP) is 0.821. The van der Waals surface area contributed by atoms with Crippen LogP contribution in [0.25, 0.3) is 0 Å². The van der Waals surface area contributed by atoms with E-state index < -0.39 is 0 Å². The zero-order chi connectivity index (χ0) is 17.1. The number of ether oxygens (including phenoxy) is 1. The molecule has 2 aromatic heterocycles. The molecule has 4 heterocycles. The zero-order valence-corrected chi connectivity index (χ0v) is 14.7. The maximum absolute atomic E-state index is 5.42. The van der Waals surface area contributed by atoms with Crippen LogP contribution in [-0.4, -0.2) is 69.0 Å². The average molecular weight is 343 g/mol. The van der Waals surface area contributed by atoms with Gasteiger partial charge in [-0.2, -0.15) is 0 Å². The Kier molecular flexibility index (Phi) is 4.89. The Morgan fingerprint density at radius 2 is 2.04 bits per heavy atom. The van der Waals surface area contributed by atoms with Crippen LogP contribution in [0.4, 0.5) is 5.82 Å². The van der Waals surface area contributed by atoms with Crippen molar-refractivity contribution in [3.63, 3.8) is 0 Å². The van der Waals surface area contributed by atoms with Crippen molar-refractivity contribution in [1.29, 1.82) is 0 Å². The molecule has 0 amide bonds. The third-order valence-electron chi connectivity index (χ3n) is 5.13. The maximum atomic E-state index is 5.42. The summed E-state index contributed by atoms with van der Waals surface area (Å²) in [4.78, 5) is 13.3. The molecule has 0 radical (unpaired) electrons. The molecule has 0 spiro atoms. The van der Waals surface area contributed by atoms with Gasteiger partial charge in [0.25, 0.3) is 0 Å². The lowest BCUT2D eigenvalue weighted by Gasteiger charge is -2.32. The van der Waals surface area contributed by atoms with Gasteiger partial charge in [0, 0.05) is 51.5 Å². The van der Waals surface area contributed by atoms with Gasteiger partial charge < -0.3 is 14.2 Å². The van der Waals surface area contributed by atoms with Gasteiger partial charge in [-0.3, -0.25) is 9.88 Å². The molecule has 0 bridgehead atoms. The second kappa shape index (κ2) is 7.45. The maximum Gasteiger partial charge on any atom is 0.147 e. The van der Waals surface area contributed by atoms with E-state index in [0.29, 0.717) is 5.92 Å². The van der Waals surface area contributed by atoms with Crippen molar-refractivity contribution in [2.24, 2.45) is 7.05 Å². The van der Waals surface area contributed by atoms with Gasteiger partial charge in [-0.05, 0) is 12.8 Å². The molecule has 2 saturated heterocycles. The van der Waals surface area contributed by atoms with Crippen molar-refractivity contribution in [2.75, 3.05) is 44.3 Å². The normalized spacial score (nSPS) is 22.3. The number of hydrogen-bond acceptors (Lipinski definition) is 7. The Morgan fingerprint density at radius 3 is 2.84 bits per heavy atom. The van der Waals surface area contributed by atoms with Gasteiger partial charge in [0.1, 0.15) is 17.5 Å². The number of rotatable bonds is 4. The average Bonchev–Trinajstić information content (AvgIpc) is 3.04. The van der Waals surface area contributed by atoms with Crippen molar-refractivity contribution in [1.82, 2.24) is 29.6 Å². The van der Waals surface area contributed by atoms with E-state index in [1.807, 2.05) is 6.20 Å². The summed E-state index contributed by atoms with van der Waals surface area (Å²) in [5.74, 6) is 3.44. The Hall–Kier alpha value is -2.06. The third-order valence-corrected chi connectivity index (χ3v) is 5.13. The topological polar surface area (TPSA) is 72.2 Å². The number of anilines is 1. The van der Waals surface area contributed by atoms with E-state index in [1.165, 1.54) is 0 Å². The van der Waals surface area contributed by atoms with Gasteiger partial charge in [-0.25, -0.2) is 4.98 Å². The van der Waals surface area contributed by atoms with Crippen LogP contribution in [0.2, 0.25) is 0 Å². The SMILES string of the molecule is Cn1c(CN2CCOCC2)nnc1[C@H]1CCCN(c2cnccn2)C1. The molecule has 8 nitrogen and oxygen atoms in total. The quantitative estimate of drug-likeness (QED) is 0.814. The summed E-state index contributed by atoms with van der Waals surface area (Å²) in [6.07, 6.45) is 7.57. The first-order chi connectivity index (χ1) is 12.3. The summed E-state index contributed by atoms with van der Waals surface area (Å²) in [6.45, 7) is 6.32. The minimum Gasteiger partial charge on any atom is -0.379 e. The van der Waals surface area contributed by atoms with Gasteiger partial charge in [-0.15, -0.1) is 10.2 Å². The molecule has 8 heteroatoms. The summed E-state index contributed by atoms with van der Waals surface area (Å²) < 4.78 is 7.60. The largest absolute Gasteiger partial charge is 0.379 e. The van der Waals surface area contributed by atoms with Crippen molar-refractivity contribution >= 4 is 5.82 Å². The summed E-state index contributed by atoms with van der Waals surface area (Å²) in [5, 5.41) is 8.99. The first-order valence-electron chi connectivity index (χ1n) is 9.00. The van der Waals surface area contributed by atoms with E-state index in [0.717, 1.165) is 76.2 Å². The number of nitrogens with zero attached hydrogens (tertiary/aromatic N) is 7. The molecule has 0 N–H and O–H groups in total. The van der Waals surface area contributed by atoms with E-state index >= 15 is 0 Å². The van der Waals surface area contributed by atoms with Crippen LogP contribution >= 0.6 is 0 Å². The number of morpholine rings is 1. The van der Waals surface area contributed by atoms with Gasteiger partial charge in [0.15, 0.2) is 0 Å². The molecule has 0 aromatic carbocycles. The molecule has 1 atom stereocenters. The molecule has 0 aliphatic carbocycles. The van der Waals surface area contributed by atoms with Gasteiger partial charge in [0.2, 0.25) is 0 Å². The van der Waals surface area contributed by atoms with Crippen LogP contribution in [-0.2, 0) is 18.3 Å². The molecule has 2 fully saturated rings. The first-order valence-corrected chi connectivity index (χ1v) is 9.00. The first kappa shape index (κ1) is 16.4. The molecular formula is C17H25N7O. The molecule has 0 saturated carbocycles. The lowest BCUT2D eigenvalue weighted by atomic mass is 9.97. The lowest BCUT2D eigenvalue weighted by Crippen LogP contribution is -2.37. The predicted molar refractivity (Wildman–Crippen MR) is 93.3 cm³/mol. The molecule has 2 aromatic rings. The van der Waals surface area contributed by atoms with E-state index in [9.17, 15) is 0 Å². The molecular weight excluding hydrogens is 318 g/mol. The molecule has 2 aliphatic heterocycles. The van der Waals surface area contributed by atoms with Gasteiger partial charge >= 0.3 is 0 Å². The standard InChI is InChI=1S/C17H25N7O/c1-22-16(13-23-7-9-25-10-8-23)20-21-17(22)14-3-2-6-24(12-14)15-11-18-4-5-19-15/h4-5,11,14H,2-3,6-10,12-13H2,1H3/t14-/m0/s1. The summed E-state index contributed by atoms with van der Waals surface area (Å²) in [5.41, 5.74) is 0. The molecule has 134 valence electrons. The molecule has 25 heavy (non-hydrogen) atoms. The Morgan fingerprint density at radius 1 is 1.16 bits per heavy atom. The van der Waals surface area contributed by atoms with Crippen LogP contribution in [0.1, 0.15) is 30.4 Å². The number of piperidine rings is 1.